The molecule has 178 valence electrons. The van der Waals surface area contributed by atoms with Gasteiger partial charge in [0.15, 0.2) is 0 Å². The minimum atomic E-state index is -0.267. The van der Waals surface area contributed by atoms with E-state index in [0.29, 0.717) is 23.1 Å². The maximum absolute atomic E-state index is 11.8. The summed E-state index contributed by atoms with van der Waals surface area (Å²) in [7, 11) is 3.72. The van der Waals surface area contributed by atoms with Crippen molar-refractivity contribution in [2.45, 2.75) is 0 Å². The van der Waals surface area contributed by atoms with E-state index >= 15 is 0 Å². The third-order valence-corrected chi connectivity index (χ3v) is 5.97. The lowest BCUT2D eigenvalue weighted by Crippen LogP contribution is -2.44. The van der Waals surface area contributed by atoms with Gasteiger partial charge in [-0.3, -0.25) is 9.78 Å². The first-order valence-electron chi connectivity index (χ1n) is 11.5. The molecule has 1 aliphatic heterocycles. The van der Waals surface area contributed by atoms with Gasteiger partial charge >= 0.3 is 0 Å². The molecule has 9 nitrogen and oxygen atoms in total. The van der Waals surface area contributed by atoms with Crippen LogP contribution in [0.15, 0.2) is 67.0 Å². The van der Waals surface area contributed by atoms with Crippen molar-refractivity contribution in [2.24, 2.45) is 0 Å². The van der Waals surface area contributed by atoms with Crippen LogP contribution in [0.1, 0.15) is 10.5 Å². The number of para-hydroxylation sites is 2. The van der Waals surface area contributed by atoms with E-state index in [4.69, 9.17) is 9.72 Å². The lowest BCUT2D eigenvalue weighted by atomic mass is 10.2. The molecule has 2 aromatic carbocycles. The zero-order valence-corrected chi connectivity index (χ0v) is 19.7. The molecule has 1 amide bonds. The number of aromatic nitrogens is 3. The summed E-state index contributed by atoms with van der Waals surface area (Å²) in [5, 5.41) is 6.80. The molecule has 0 radical (unpaired) electrons. The highest BCUT2D eigenvalue weighted by Gasteiger charge is 2.17. The van der Waals surface area contributed by atoms with Crippen LogP contribution in [0.4, 0.5) is 17.3 Å². The van der Waals surface area contributed by atoms with Gasteiger partial charge in [-0.15, -0.1) is 0 Å². The number of amides is 1. The van der Waals surface area contributed by atoms with Gasteiger partial charge in [-0.05, 0) is 43.4 Å². The fraction of sp³-hybridized carbons (Fsp3) is 0.231. The molecular formula is C26H27N7O2. The standard InChI is InChI=1S/C26H27N7O2/c1-27-25(34)23-16-20(9-10-28-23)35-19-7-8-21-18(15-19)17-29-26(30-21)31-22-5-3-4-6-24(22)33-13-11-32(2)12-14-33/h3-10,15-17H,11-14H2,1-2H3,(H,27,34)(H,29,30,31). The van der Waals surface area contributed by atoms with Gasteiger partial charge in [0.2, 0.25) is 5.95 Å². The number of fused-ring (bicyclic) bond motifs is 1. The van der Waals surface area contributed by atoms with Crippen LogP contribution in [0.25, 0.3) is 10.9 Å². The highest BCUT2D eigenvalue weighted by atomic mass is 16.5. The Bertz CT molecular complexity index is 1350. The maximum atomic E-state index is 11.8. The number of benzene rings is 2. The number of pyridine rings is 1. The Balaban J connectivity index is 1.34. The second-order valence-electron chi connectivity index (χ2n) is 8.40. The van der Waals surface area contributed by atoms with Gasteiger partial charge in [0.25, 0.3) is 5.91 Å². The Labute approximate surface area is 203 Å². The van der Waals surface area contributed by atoms with Gasteiger partial charge in [0.05, 0.1) is 16.9 Å². The summed E-state index contributed by atoms with van der Waals surface area (Å²) >= 11 is 0. The second kappa shape index (κ2) is 9.94. The zero-order chi connectivity index (χ0) is 24.2. The van der Waals surface area contributed by atoms with Crippen molar-refractivity contribution in [1.82, 2.24) is 25.2 Å². The Hall–Kier alpha value is -4.24. The summed E-state index contributed by atoms with van der Waals surface area (Å²) < 4.78 is 5.94. The summed E-state index contributed by atoms with van der Waals surface area (Å²) in [6.45, 7) is 4.05. The molecule has 0 unspecified atom stereocenters. The molecule has 0 bridgehead atoms. The number of carbonyl (C=O) groups excluding carboxylic acids is 1. The highest BCUT2D eigenvalue weighted by Crippen LogP contribution is 2.30. The number of rotatable bonds is 6. The molecule has 0 saturated carbocycles. The van der Waals surface area contributed by atoms with E-state index in [2.05, 4.69) is 55.6 Å². The highest BCUT2D eigenvalue weighted by molar-refractivity contribution is 5.92. The van der Waals surface area contributed by atoms with Crippen LogP contribution < -0.4 is 20.3 Å². The first kappa shape index (κ1) is 22.5. The molecule has 9 heteroatoms. The molecule has 5 rings (SSSR count). The first-order valence-corrected chi connectivity index (χ1v) is 11.5. The molecule has 3 heterocycles. The number of ether oxygens (including phenoxy) is 1. The summed E-state index contributed by atoms with van der Waals surface area (Å²) in [4.78, 5) is 29.8. The fourth-order valence-corrected chi connectivity index (χ4v) is 4.02. The van der Waals surface area contributed by atoms with Gasteiger partial charge in [0.1, 0.15) is 17.2 Å². The Kier molecular flexibility index (Phi) is 6.40. The zero-order valence-electron chi connectivity index (χ0n) is 19.7. The summed E-state index contributed by atoms with van der Waals surface area (Å²) in [6.07, 6.45) is 3.32. The average molecular weight is 470 g/mol. The number of likely N-dealkylation sites (N-methyl/N-ethyl adjacent to an activating group) is 1. The van der Waals surface area contributed by atoms with Crippen LogP contribution in [0.2, 0.25) is 0 Å². The van der Waals surface area contributed by atoms with Crippen LogP contribution in [0.3, 0.4) is 0 Å². The van der Waals surface area contributed by atoms with Crippen LogP contribution in [0, 0.1) is 0 Å². The molecule has 1 aliphatic rings. The predicted molar refractivity (Wildman–Crippen MR) is 137 cm³/mol. The van der Waals surface area contributed by atoms with Crippen LogP contribution in [-0.4, -0.2) is 66.0 Å². The van der Waals surface area contributed by atoms with Crippen LogP contribution in [-0.2, 0) is 0 Å². The van der Waals surface area contributed by atoms with Gasteiger partial charge in [-0.1, -0.05) is 12.1 Å². The first-order chi connectivity index (χ1) is 17.1. The minimum Gasteiger partial charge on any atom is -0.457 e. The number of anilines is 3. The number of hydrogen-bond acceptors (Lipinski definition) is 8. The van der Waals surface area contributed by atoms with Gasteiger partial charge in [0, 0.05) is 57.1 Å². The Morgan fingerprint density at radius 1 is 0.971 bits per heavy atom. The van der Waals surface area contributed by atoms with Crippen molar-refractivity contribution in [3.8, 4) is 11.5 Å². The van der Waals surface area contributed by atoms with E-state index in [1.807, 2.05) is 24.3 Å². The lowest BCUT2D eigenvalue weighted by molar-refractivity contribution is 0.0958. The minimum absolute atomic E-state index is 0.267. The van der Waals surface area contributed by atoms with Gasteiger partial charge < -0.3 is 25.2 Å². The van der Waals surface area contributed by atoms with Crippen molar-refractivity contribution in [2.75, 3.05) is 50.5 Å². The van der Waals surface area contributed by atoms with E-state index in [-0.39, 0.29) is 5.91 Å². The van der Waals surface area contributed by atoms with Crippen LogP contribution in [0.5, 0.6) is 11.5 Å². The monoisotopic (exact) mass is 469 g/mol. The molecule has 2 N–H and O–H groups in total. The van der Waals surface area contributed by atoms with E-state index in [1.165, 1.54) is 0 Å². The summed E-state index contributed by atoms with van der Waals surface area (Å²) in [5.74, 6) is 1.42. The third kappa shape index (κ3) is 5.15. The lowest BCUT2D eigenvalue weighted by Gasteiger charge is -2.35. The number of carbonyl (C=O) groups is 1. The van der Waals surface area contributed by atoms with E-state index in [0.717, 1.165) is 48.5 Å². The molecule has 0 atom stereocenters. The van der Waals surface area contributed by atoms with Gasteiger partial charge in [-0.2, -0.15) is 0 Å². The molecule has 1 fully saturated rings. The molecule has 35 heavy (non-hydrogen) atoms. The van der Waals surface area contributed by atoms with Crippen molar-refractivity contribution >= 4 is 34.1 Å². The quantitative estimate of drug-likeness (QED) is 0.442. The topological polar surface area (TPSA) is 95.5 Å². The Morgan fingerprint density at radius 3 is 2.60 bits per heavy atom. The normalized spacial score (nSPS) is 14.1. The maximum Gasteiger partial charge on any atom is 0.269 e. The number of hydrogen-bond donors (Lipinski definition) is 2. The number of piperazine rings is 1. The van der Waals surface area contributed by atoms with Crippen molar-refractivity contribution < 1.29 is 9.53 Å². The van der Waals surface area contributed by atoms with Crippen molar-refractivity contribution in [3.05, 3.63) is 72.7 Å². The number of nitrogens with one attached hydrogen (secondary N) is 2. The fourth-order valence-electron chi connectivity index (χ4n) is 4.02. The molecule has 0 aliphatic carbocycles. The predicted octanol–water partition coefficient (Wildman–Crippen LogP) is 3.67. The van der Waals surface area contributed by atoms with E-state index in [9.17, 15) is 4.79 Å². The molecule has 2 aromatic heterocycles. The SMILES string of the molecule is CNC(=O)c1cc(Oc2ccc3nc(Nc4ccccc4N4CCN(C)CC4)ncc3c2)ccn1. The largest absolute Gasteiger partial charge is 0.457 e. The molecule has 1 saturated heterocycles. The van der Waals surface area contributed by atoms with Crippen molar-refractivity contribution in [3.63, 3.8) is 0 Å². The summed E-state index contributed by atoms with van der Waals surface area (Å²) in [5.41, 5.74) is 3.23. The molecule has 4 aromatic rings. The average Bonchev–Trinajstić information content (AvgIpc) is 2.89. The Morgan fingerprint density at radius 2 is 1.77 bits per heavy atom. The van der Waals surface area contributed by atoms with Crippen LogP contribution >= 0.6 is 0 Å². The second-order valence-corrected chi connectivity index (χ2v) is 8.40. The third-order valence-electron chi connectivity index (χ3n) is 5.97. The summed E-state index contributed by atoms with van der Waals surface area (Å²) in [6, 6.07) is 17.2. The smallest absolute Gasteiger partial charge is 0.269 e. The van der Waals surface area contributed by atoms with Gasteiger partial charge in [-0.25, -0.2) is 9.97 Å². The molecular weight excluding hydrogens is 442 g/mol. The number of nitrogens with zero attached hydrogens (tertiary/aromatic N) is 5. The van der Waals surface area contributed by atoms with E-state index < -0.39 is 0 Å². The van der Waals surface area contributed by atoms with Crippen molar-refractivity contribution in [1.29, 1.82) is 0 Å². The van der Waals surface area contributed by atoms with E-state index in [1.54, 1.807) is 31.6 Å². The molecule has 0 spiro atoms.